The molecule has 7 nitrogen and oxygen atoms in total. The Morgan fingerprint density at radius 1 is 1.00 bits per heavy atom. The lowest BCUT2D eigenvalue weighted by atomic mass is 10.2. The molecule has 1 aliphatic heterocycles. The topological polar surface area (TPSA) is 90.2 Å². The zero-order chi connectivity index (χ0) is 21.1. The number of rotatable bonds is 5. The summed E-state index contributed by atoms with van der Waals surface area (Å²) in [6.07, 6.45) is 0.574. The van der Waals surface area contributed by atoms with Crippen LogP contribution < -0.4 is 4.90 Å². The molecule has 3 aromatic rings. The maximum atomic E-state index is 13.0. The van der Waals surface area contributed by atoms with Crippen molar-refractivity contribution in [3.05, 3.63) is 70.5 Å². The van der Waals surface area contributed by atoms with E-state index in [-0.39, 0.29) is 10.7 Å². The van der Waals surface area contributed by atoms with Crippen LogP contribution in [0.25, 0.3) is 0 Å². The predicted octanol–water partition coefficient (Wildman–Crippen LogP) is 2.65. The van der Waals surface area contributed by atoms with Gasteiger partial charge in [0.1, 0.15) is 10.8 Å². The molecule has 1 aliphatic rings. The Labute approximate surface area is 178 Å². The molecule has 0 saturated carbocycles. The lowest BCUT2D eigenvalue weighted by molar-refractivity contribution is 0.384. The fourth-order valence-corrected chi connectivity index (χ4v) is 5.54. The summed E-state index contributed by atoms with van der Waals surface area (Å²) in [5.74, 6) is -0.273. The van der Waals surface area contributed by atoms with E-state index >= 15 is 0 Å². The molecular weight excluding hydrogens is 425 g/mol. The van der Waals surface area contributed by atoms with Crippen LogP contribution >= 0.6 is 11.3 Å². The molecule has 154 valence electrons. The molecule has 30 heavy (non-hydrogen) atoms. The second-order valence-electron chi connectivity index (χ2n) is 6.81. The molecule has 1 fully saturated rings. The first-order valence-corrected chi connectivity index (χ1v) is 11.5. The smallest absolute Gasteiger partial charge is 0.243 e. The Hall–Kier alpha value is -2.87. The first kappa shape index (κ1) is 20.4. The standard InChI is InChI=1S/C20H18FN5O2S2/c21-17-5-1-15(2-6-17)13-19-23-24-20(29-19)25-9-11-26(12-10-25)30(27,28)18-7-3-16(14-22)4-8-18/h1-8H,9-13H2. The van der Waals surface area contributed by atoms with E-state index in [2.05, 4.69) is 10.2 Å². The lowest BCUT2D eigenvalue weighted by Gasteiger charge is -2.33. The Morgan fingerprint density at radius 2 is 1.67 bits per heavy atom. The van der Waals surface area contributed by atoms with Crippen LogP contribution in [0.2, 0.25) is 0 Å². The minimum atomic E-state index is -3.60. The molecule has 4 rings (SSSR count). The highest BCUT2D eigenvalue weighted by atomic mass is 32.2. The summed E-state index contributed by atoms with van der Waals surface area (Å²) in [5.41, 5.74) is 1.38. The maximum Gasteiger partial charge on any atom is 0.243 e. The van der Waals surface area contributed by atoms with Gasteiger partial charge < -0.3 is 4.90 Å². The van der Waals surface area contributed by atoms with E-state index in [9.17, 15) is 12.8 Å². The van der Waals surface area contributed by atoms with E-state index in [1.807, 2.05) is 11.0 Å². The van der Waals surface area contributed by atoms with Crippen LogP contribution in [-0.2, 0) is 16.4 Å². The molecule has 10 heteroatoms. The molecule has 0 amide bonds. The minimum Gasteiger partial charge on any atom is -0.344 e. The second kappa shape index (κ2) is 8.47. The van der Waals surface area contributed by atoms with Gasteiger partial charge in [-0.1, -0.05) is 23.5 Å². The van der Waals surface area contributed by atoms with E-state index in [4.69, 9.17) is 5.26 Å². The largest absolute Gasteiger partial charge is 0.344 e. The van der Waals surface area contributed by atoms with Crippen molar-refractivity contribution < 1.29 is 12.8 Å². The fraction of sp³-hybridized carbons (Fsp3) is 0.250. The van der Waals surface area contributed by atoms with Gasteiger partial charge in [-0.25, -0.2) is 12.8 Å². The Kier molecular flexibility index (Phi) is 5.76. The number of sulfonamides is 1. The Bertz CT molecular complexity index is 1160. The van der Waals surface area contributed by atoms with Gasteiger partial charge in [0.25, 0.3) is 0 Å². The second-order valence-corrected chi connectivity index (χ2v) is 9.79. The molecule has 0 unspecified atom stereocenters. The van der Waals surface area contributed by atoms with Gasteiger partial charge >= 0.3 is 0 Å². The number of halogens is 1. The highest BCUT2D eigenvalue weighted by Crippen LogP contribution is 2.25. The maximum absolute atomic E-state index is 13.0. The van der Waals surface area contributed by atoms with Crippen molar-refractivity contribution in [1.29, 1.82) is 5.26 Å². The molecule has 1 aromatic heterocycles. The molecule has 2 heterocycles. The average molecular weight is 444 g/mol. The molecule has 0 radical (unpaired) electrons. The summed E-state index contributed by atoms with van der Waals surface area (Å²) < 4.78 is 40.2. The average Bonchev–Trinajstić information content (AvgIpc) is 3.24. The summed E-state index contributed by atoms with van der Waals surface area (Å²) in [4.78, 5) is 2.21. The molecule has 1 saturated heterocycles. The van der Waals surface area contributed by atoms with Crippen molar-refractivity contribution in [3.63, 3.8) is 0 Å². The number of nitrogens with zero attached hydrogens (tertiary/aromatic N) is 5. The zero-order valence-electron chi connectivity index (χ0n) is 15.9. The highest BCUT2D eigenvalue weighted by Gasteiger charge is 2.29. The predicted molar refractivity (Wildman–Crippen MR) is 111 cm³/mol. The van der Waals surface area contributed by atoms with Crippen LogP contribution in [0.1, 0.15) is 16.1 Å². The van der Waals surface area contributed by atoms with Crippen molar-refractivity contribution in [2.24, 2.45) is 0 Å². The van der Waals surface area contributed by atoms with Crippen LogP contribution in [0.3, 0.4) is 0 Å². The molecule has 0 N–H and O–H groups in total. The molecule has 0 bridgehead atoms. The SMILES string of the molecule is N#Cc1ccc(S(=O)(=O)N2CCN(c3nnc(Cc4ccc(F)cc4)s3)CC2)cc1. The van der Waals surface area contributed by atoms with Gasteiger partial charge in [0.2, 0.25) is 15.2 Å². The normalized spacial score (nSPS) is 15.1. The zero-order valence-corrected chi connectivity index (χ0v) is 17.5. The van der Waals surface area contributed by atoms with Gasteiger partial charge in [0.15, 0.2) is 0 Å². The highest BCUT2D eigenvalue weighted by molar-refractivity contribution is 7.89. The van der Waals surface area contributed by atoms with Gasteiger partial charge in [0, 0.05) is 32.6 Å². The van der Waals surface area contributed by atoms with Crippen LogP contribution in [-0.4, -0.2) is 49.1 Å². The molecule has 0 atom stereocenters. The summed E-state index contributed by atoms with van der Waals surface area (Å²) in [7, 11) is -3.60. The fourth-order valence-electron chi connectivity index (χ4n) is 3.19. The van der Waals surface area contributed by atoms with Crippen molar-refractivity contribution in [2.75, 3.05) is 31.1 Å². The van der Waals surface area contributed by atoms with Crippen molar-refractivity contribution in [3.8, 4) is 6.07 Å². The van der Waals surface area contributed by atoms with Gasteiger partial charge in [-0.2, -0.15) is 9.57 Å². The van der Waals surface area contributed by atoms with Gasteiger partial charge in [-0.05, 0) is 42.0 Å². The molecule has 0 aliphatic carbocycles. The van der Waals surface area contributed by atoms with Crippen molar-refractivity contribution >= 4 is 26.5 Å². The number of anilines is 1. The third-order valence-corrected chi connectivity index (χ3v) is 7.75. The molecule has 0 spiro atoms. The van der Waals surface area contributed by atoms with E-state index in [1.165, 1.54) is 52.0 Å². The third-order valence-electron chi connectivity index (χ3n) is 4.86. The number of benzene rings is 2. The first-order chi connectivity index (χ1) is 14.5. The first-order valence-electron chi connectivity index (χ1n) is 9.28. The number of hydrogen-bond donors (Lipinski definition) is 0. The van der Waals surface area contributed by atoms with Crippen LogP contribution in [0.5, 0.6) is 0 Å². The Balaban J connectivity index is 1.39. The van der Waals surface area contributed by atoms with Crippen LogP contribution in [0.4, 0.5) is 9.52 Å². The minimum absolute atomic E-state index is 0.187. The quantitative estimate of drug-likeness (QED) is 0.602. The van der Waals surface area contributed by atoms with E-state index in [1.54, 1.807) is 12.1 Å². The van der Waals surface area contributed by atoms with Crippen LogP contribution in [0, 0.1) is 17.1 Å². The summed E-state index contributed by atoms with van der Waals surface area (Å²) in [6, 6.07) is 14.2. The van der Waals surface area contributed by atoms with Gasteiger partial charge in [-0.3, -0.25) is 0 Å². The van der Waals surface area contributed by atoms with Crippen LogP contribution in [0.15, 0.2) is 53.4 Å². The van der Waals surface area contributed by atoms with E-state index in [0.717, 1.165) is 15.7 Å². The summed E-state index contributed by atoms with van der Waals surface area (Å²) in [6.45, 7) is 1.71. The van der Waals surface area contributed by atoms with Gasteiger partial charge in [0.05, 0.1) is 16.5 Å². The molecule has 2 aromatic carbocycles. The van der Waals surface area contributed by atoms with E-state index < -0.39 is 10.0 Å². The monoisotopic (exact) mass is 443 g/mol. The third kappa shape index (κ3) is 4.33. The van der Waals surface area contributed by atoms with Crippen molar-refractivity contribution in [2.45, 2.75) is 11.3 Å². The Morgan fingerprint density at radius 3 is 2.30 bits per heavy atom. The summed E-state index contributed by atoms with van der Waals surface area (Å²) >= 11 is 1.46. The summed E-state index contributed by atoms with van der Waals surface area (Å²) in [5, 5.41) is 18.9. The van der Waals surface area contributed by atoms with Crippen molar-refractivity contribution in [1.82, 2.24) is 14.5 Å². The van der Waals surface area contributed by atoms with E-state index in [0.29, 0.717) is 38.2 Å². The number of piperazine rings is 1. The lowest BCUT2D eigenvalue weighted by Crippen LogP contribution is -2.48. The molecular formula is C20H18FN5O2S2. The van der Waals surface area contributed by atoms with Gasteiger partial charge in [-0.15, -0.1) is 10.2 Å². The number of nitriles is 1. The number of aromatic nitrogens is 2. The number of hydrogen-bond acceptors (Lipinski definition) is 7.